The number of rotatable bonds is 10. The third-order valence-corrected chi connectivity index (χ3v) is 5.62. The maximum atomic E-state index is 12.7. The van der Waals surface area contributed by atoms with E-state index in [0.29, 0.717) is 31.1 Å². The topological polar surface area (TPSA) is 94.0 Å². The molecule has 2 aromatic carbocycles. The fraction of sp³-hybridized carbons (Fsp3) is 0.308. The summed E-state index contributed by atoms with van der Waals surface area (Å²) in [4.78, 5) is 21.8. The van der Waals surface area contributed by atoms with Crippen LogP contribution >= 0.6 is 0 Å². The molecule has 4 rings (SSSR count). The van der Waals surface area contributed by atoms with Gasteiger partial charge in [-0.1, -0.05) is 50.2 Å². The molecule has 0 radical (unpaired) electrons. The Labute approximate surface area is 199 Å². The number of carbonyl (C=O) groups is 1. The predicted octanol–water partition coefficient (Wildman–Crippen LogP) is 4.20. The molecule has 4 aromatic rings. The molecule has 1 amide bonds. The summed E-state index contributed by atoms with van der Waals surface area (Å²) in [5.41, 5.74) is 4.09. The van der Waals surface area contributed by atoms with Crippen molar-refractivity contribution in [2.45, 2.75) is 39.8 Å². The van der Waals surface area contributed by atoms with Gasteiger partial charge in [0.25, 0.3) is 5.91 Å². The molecule has 0 fully saturated rings. The van der Waals surface area contributed by atoms with E-state index in [0.717, 1.165) is 35.1 Å². The van der Waals surface area contributed by atoms with E-state index >= 15 is 0 Å². The van der Waals surface area contributed by atoms with Crippen LogP contribution in [0.15, 0.2) is 54.7 Å². The standard InChI is InChI=1S/C26H30N6O2/c1-4-14-27-26(33)24-30-23(28-15-19-10-12-21(34-3)13-11-19)22-16-29-32(25(22)31-24)17-20-8-6-18(5-2)7-9-20/h6-13,16H,4-5,14-15,17H2,1-3H3,(H,27,33)(H,28,30,31). The Morgan fingerprint density at radius 2 is 1.68 bits per heavy atom. The maximum absolute atomic E-state index is 12.7. The number of ether oxygens (including phenoxy) is 1. The van der Waals surface area contributed by atoms with E-state index in [1.165, 1.54) is 5.56 Å². The van der Waals surface area contributed by atoms with Crippen LogP contribution in [0.1, 0.15) is 47.6 Å². The summed E-state index contributed by atoms with van der Waals surface area (Å²) in [6.45, 7) is 5.80. The van der Waals surface area contributed by atoms with Gasteiger partial charge in [-0.25, -0.2) is 14.6 Å². The van der Waals surface area contributed by atoms with Gasteiger partial charge in [-0.3, -0.25) is 4.79 Å². The third-order valence-electron chi connectivity index (χ3n) is 5.62. The number of benzene rings is 2. The number of amides is 1. The summed E-state index contributed by atoms with van der Waals surface area (Å²) in [6.07, 6.45) is 3.58. The number of anilines is 1. The zero-order valence-electron chi connectivity index (χ0n) is 19.8. The lowest BCUT2D eigenvalue weighted by Gasteiger charge is -2.11. The minimum Gasteiger partial charge on any atom is -0.497 e. The van der Waals surface area contributed by atoms with Crippen LogP contribution in [-0.4, -0.2) is 39.3 Å². The first kappa shape index (κ1) is 23.2. The van der Waals surface area contributed by atoms with Crippen LogP contribution in [0, 0.1) is 0 Å². The molecular formula is C26H30N6O2. The van der Waals surface area contributed by atoms with Crippen molar-refractivity contribution in [3.63, 3.8) is 0 Å². The lowest BCUT2D eigenvalue weighted by atomic mass is 10.1. The second kappa shape index (κ2) is 10.8. The van der Waals surface area contributed by atoms with E-state index in [1.807, 2.05) is 35.9 Å². The number of methoxy groups -OCH3 is 1. The molecule has 0 bridgehead atoms. The largest absolute Gasteiger partial charge is 0.497 e. The Kier molecular flexibility index (Phi) is 7.37. The van der Waals surface area contributed by atoms with E-state index in [9.17, 15) is 4.79 Å². The van der Waals surface area contributed by atoms with Gasteiger partial charge in [0.15, 0.2) is 5.65 Å². The van der Waals surface area contributed by atoms with Crippen LogP contribution in [0.5, 0.6) is 5.75 Å². The first-order valence-corrected chi connectivity index (χ1v) is 11.6. The smallest absolute Gasteiger partial charge is 0.289 e. The molecule has 0 saturated heterocycles. The molecule has 2 heterocycles. The summed E-state index contributed by atoms with van der Waals surface area (Å²) < 4.78 is 7.04. The van der Waals surface area contributed by atoms with Gasteiger partial charge >= 0.3 is 0 Å². The van der Waals surface area contributed by atoms with Gasteiger partial charge in [-0.05, 0) is 41.7 Å². The van der Waals surface area contributed by atoms with E-state index in [2.05, 4.69) is 56.9 Å². The first-order chi connectivity index (χ1) is 16.6. The number of nitrogens with zero attached hydrogens (tertiary/aromatic N) is 4. The zero-order chi connectivity index (χ0) is 23.9. The molecule has 0 unspecified atom stereocenters. The van der Waals surface area contributed by atoms with E-state index in [-0.39, 0.29) is 11.7 Å². The van der Waals surface area contributed by atoms with Crippen molar-refractivity contribution >= 4 is 22.8 Å². The highest BCUT2D eigenvalue weighted by Crippen LogP contribution is 2.22. The lowest BCUT2D eigenvalue weighted by molar-refractivity contribution is 0.0943. The van der Waals surface area contributed by atoms with Crippen molar-refractivity contribution in [3.8, 4) is 5.75 Å². The fourth-order valence-electron chi connectivity index (χ4n) is 3.61. The molecule has 2 N–H and O–H groups in total. The molecule has 0 spiro atoms. The molecule has 0 aliphatic rings. The summed E-state index contributed by atoms with van der Waals surface area (Å²) in [5.74, 6) is 1.21. The highest BCUT2D eigenvalue weighted by atomic mass is 16.5. The monoisotopic (exact) mass is 458 g/mol. The Balaban J connectivity index is 1.65. The van der Waals surface area contributed by atoms with Crippen molar-refractivity contribution < 1.29 is 9.53 Å². The van der Waals surface area contributed by atoms with Gasteiger partial charge in [-0.2, -0.15) is 5.10 Å². The second-order valence-corrected chi connectivity index (χ2v) is 8.06. The number of nitrogens with one attached hydrogen (secondary N) is 2. The summed E-state index contributed by atoms with van der Waals surface area (Å²) >= 11 is 0. The van der Waals surface area contributed by atoms with Gasteiger partial charge < -0.3 is 15.4 Å². The normalized spacial score (nSPS) is 10.9. The van der Waals surface area contributed by atoms with Crippen LogP contribution in [0.4, 0.5) is 5.82 Å². The van der Waals surface area contributed by atoms with E-state index < -0.39 is 0 Å². The molecule has 34 heavy (non-hydrogen) atoms. The number of fused-ring (bicyclic) bond motifs is 1. The first-order valence-electron chi connectivity index (χ1n) is 11.6. The van der Waals surface area contributed by atoms with Crippen molar-refractivity contribution in [1.82, 2.24) is 25.1 Å². The highest BCUT2D eigenvalue weighted by Gasteiger charge is 2.17. The maximum Gasteiger partial charge on any atom is 0.289 e. The molecule has 0 saturated carbocycles. The summed E-state index contributed by atoms with van der Waals surface area (Å²) in [5, 5.41) is 11.6. The molecule has 2 aromatic heterocycles. The van der Waals surface area contributed by atoms with Crippen molar-refractivity contribution in [1.29, 1.82) is 0 Å². The summed E-state index contributed by atoms with van der Waals surface area (Å²) in [7, 11) is 1.64. The molecule has 0 aliphatic heterocycles. The summed E-state index contributed by atoms with van der Waals surface area (Å²) in [6, 6.07) is 16.3. The number of hydrogen-bond acceptors (Lipinski definition) is 6. The number of hydrogen-bond donors (Lipinski definition) is 2. The number of aryl methyl sites for hydroxylation is 1. The van der Waals surface area contributed by atoms with Crippen LogP contribution in [0.25, 0.3) is 11.0 Å². The van der Waals surface area contributed by atoms with E-state index in [4.69, 9.17) is 4.74 Å². The minimum atomic E-state index is -0.295. The van der Waals surface area contributed by atoms with Gasteiger partial charge in [0.1, 0.15) is 11.6 Å². The SMILES string of the molecule is CCCNC(=O)c1nc(NCc2ccc(OC)cc2)c2cnn(Cc3ccc(CC)cc3)c2n1. The molecule has 0 aliphatic carbocycles. The van der Waals surface area contributed by atoms with Crippen LogP contribution in [0.3, 0.4) is 0 Å². The van der Waals surface area contributed by atoms with Gasteiger partial charge in [-0.15, -0.1) is 0 Å². The van der Waals surface area contributed by atoms with Gasteiger partial charge in [0, 0.05) is 13.1 Å². The second-order valence-electron chi connectivity index (χ2n) is 8.06. The molecule has 176 valence electrons. The number of aromatic nitrogens is 4. The molecule has 8 heteroatoms. The van der Waals surface area contributed by atoms with Crippen molar-refractivity contribution in [3.05, 3.63) is 77.2 Å². The fourth-order valence-corrected chi connectivity index (χ4v) is 3.61. The average Bonchev–Trinajstić information content (AvgIpc) is 3.29. The van der Waals surface area contributed by atoms with Crippen LogP contribution < -0.4 is 15.4 Å². The lowest BCUT2D eigenvalue weighted by Crippen LogP contribution is -2.26. The Morgan fingerprint density at radius 1 is 0.971 bits per heavy atom. The molecular weight excluding hydrogens is 428 g/mol. The Morgan fingerprint density at radius 3 is 2.35 bits per heavy atom. The van der Waals surface area contributed by atoms with Gasteiger partial charge in [0.05, 0.1) is 25.2 Å². The average molecular weight is 459 g/mol. The minimum absolute atomic E-state index is 0.126. The highest BCUT2D eigenvalue weighted by molar-refractivity contribution is 5.95. The third kappa shape index (κ3) is 5.33. The zero-order valence-corrected chi connectivity index (χ0v) is 19.8. The Bertz CT molecular complexity index is 1250. The van der Waals surface area contributed by atoms with Gasteiger partial charge in [0.2, 0.25) is 5.82 Å². The van der Waals surface area contributed by atoms with Crippen LogP contribution in [-0.2, 0) is 19.5 Å². The quantitative estimate of drug-likeness (QED) is 0.370. The Hall–Kier alpha value is -3.94. The predicted molar refractivity (Wildman–Crippen MR) is 133 cm³/mol. The van der Waals surface area contributed by atoms with Crippen molar-refractivity contribution in [2.75, 3.05) is 19.0 Å². The molecule has 0 atom stereocenters. The van der Waals surface area contributed by atoms with Crippen LogP contribution in [0.2, 0.25) is 0 Å². The molecule has 8 nitrogen and oxygen atoms in total. The van der Waals surface area contributed by atoms with E-state index in [1.54, 1.807) is 13.3 Å². The van der Waals surface area contributed by atoms with Crippen molar-refractivity contribution in [2.24, 2.45) is 0 Å². The number of carbonyl (C=O) groups excluding carboxylic acids is 1.